The monoisotopic (exact) mass is 816 g/mol. The van der Waals surface area contributed by atoms with Crippen LogP contribution in [0.5, 0.6) is 0 Å². The molecule has 1 aliphatic carbocycles. The lowest BCUT2D eigenvalue weighted by molar-refractivity contribution is 0.661. The number of benzene rings is 7. The standard InChI is InChI=1S/C54H49N.C3H8.2C2H6/c1-9-10-23-42(35(2)3)47-32-39(29-28-37(47)5)40-30-31-46-48(33-40)54(7,8)49-34-51(44-25-16-17-26-45(44)53(46)49)55(41-21-12-11-13-22-41)50-27-18-20-38(6)52(50)43-24-15-14-19-36(43)4;1-3-2;2*1-2/h9-34H,1H2,2-8H3;3H2,1-2H3;2*1-2H3/b23-10-;;;. The van der Waals surface area contributed by atoms with Gasteiger partial charge in [-0.1, -0.05) is 195 Å². The smallest absolute Gasteiger partial charge is 0.0543 e. The Kier molecular flexibility index (Phi) is 15.9. The number of nitrogens with zero attached hydrogens (tertiary/aromatic N) is 1. The van der Waals surface area contributed by atoms with E-state index in [2.05, 4.69) is 219 Å². The van der Waals surface area contributed by atoms with Crippen molar-refractivity contribution in [3.05, 3.63) is 203 Å². The van der Waals surface area contributed by atoms with Crippen LogP contribution in [-0.2, 0) is 5.41 Å². The summed E-state index contributed by atoms with van der Waals surface area (Å²) in [4.78, 5) is 2.50. The Morgan fingerprint density at radius 3 is 1.82 bits per heavy atom. The van der Waals surface area contributed by atoms with Gasteiger partial charge in [0.15, 0.2) is 0 Å². The van der Waals surface area contributed by atoms with E-state index in [1.54, 1.807) is 0 Å². The third kappa shape index (κ3) is 9.19. The minimum Gasteiger partial charge on any atom is -0.309 e. The summed E-state index contributed by atoms with van der Waals surface area (Å²) in [6, 6.07) is 51.9. The van der Waals surface area contributed by atoms with Crippen molar-refractivity contribution in [3.8, 4) is 33.4 Å². The van der Waals surface area contributed by atoms with Crippen LogP contribution in [0.2, 0.25) is 0 Å². The van der Waals surface area contributed by atoms with Crippen molar-refractivity contribution in [1.29, 1.82) is 0 Å². The van der Waals surface area contributed by atoms with E-state index in [-0.39, 0.29) is 5.41 Å². The average Bonchev–Trinajstić information content (AvgIpc) is 3.52. The van der Waals surface area contributed by atoms with Gasteiger partial charge in [-0.05, 0) is 143 Å². The van der Waals surface area contributed by atoms with Crippen LogP contribution in [0.25, 0.3) is 49.7 Å². The van der Waals surface area contributed by atoms with Crippen molar-refractivity contribution in [2.24, 2.45) is 0 Å². The summed E-state index contributed by atoms with van der Waals surface area (Å²) in [5, 5.41) is 2.51. The summed E-state index contributed by atoms with van der Waals surface area (Å²) in [6.07, 6.45) is 7.31. The lowest BCUT2D eigenvalue weighted by atomic mass is 9.80. The number of para-hydroxylation sites is 1. The molecule has 1 heteroatoms. The molecule has 0 saturated carbocycles. The van der Waals surface area contributed by atoms with Crippen LogP contribution < -0.4 is 4.90 Å². The number of allylic oxidation sites excluding steroid dienone is 5. The topological polar surface area (TPSA) is 3.24 Å². The second-order valence-electron chi connectivity index (χ2n) is 16.4. The van der Waals surface area contributed by atoms with E-state index >= 15 is 0 Å². The van der Waals surface area contributed by atoms with E-state index in [1.165, 1.54) is 106 Å². The predicted molar refractivity (Wildman–Crippen MR) is 278 cm³/mol. The molecule has 0 radical (unpaired) electrons. The number of hydrogen-bond donors (Lipinski definition) is 0. The van der Waals surface area contributed by atoms with Gasteiger partial charge in [-0.3, -0.25) is 0 Å². The Morgan fingerprint density at radius 2 is 1.16 bits per heavy atom. The molecule has 0 aliphatic heterocycles. The third-order valence-corrected chi connectivity index (χ3v) is 11.6. The molecule has 1 aliphatic rings. The normalized spacial score (nSPS) is 11.8. The number of fused-ring (bicyclic) bond motifs is 5. The second-order valence-corrected chi connectivity index (χ2v) is 16.4. The molecular formula is C61H69N. The molecule has 0 aromatic heterocycles. The predicted octanol–water partition coefficient (Wildman–Crippen LogP) is 18.9. The fraction of sp³-hybridized carbons (Fsp3) is 0.246. The SMILES string of the molecule is C=C/C=C\C(=C(C)C)c1cc(-c2ccc3c(c2)C(C)(C)c2cc(N(c4ccccc4)c4cccc(C)c4-c4ccccc4C)c4ccccc4c2-3)ccc1C.CC.CC.CCC. The first-order valence-electron chi connectivity index (χ1n) is 22.8. The first kappa shape index (κ1) is 46.9. The van der Waals surface area contributed by atoms with Gasteiger partial charge >= 0.3 is 0 Å². The highest BCUT2D eigenvalue weighted by Gasteiger charge is 2.38. The van der Waals surface area contributed by atoms with Gasteiger partial charge in [0, 0.05) is 22.1 Å². The average molecular weight is 816 g/mol. The Hall–Kier alpha value is -6.18. The second kappa shape index (κ2) is 21.1. The van der Waals surface area contributed by atoms with E-state index in [1.807, 2.05) is 39.8 Å². The molecule has 0 N–H and O–H groups in total. The van der Waals surface area contributed by atoms with Crippen molar-refractivity contribution < 1.29 is 0 Å². The van der Waals surface area contributed by atoms with Gasteiger partial charge in [0.2, 0.25) is 0 Å². The Morgan fingerprint density at radius 1 is 0.565 bits per heavy atom. The van der Waals surface area contributed by atoms with E-state index in [0.29, 0.717) is 0 Å². The first-order valence-corrected chi connectivity index (χ1v) is 22.8. The van der Waals surface area contributed by atoms with Crippen LogP contribution in [0.3, 0.4) is 0 Å². The number of hydrogen-bond acceptors (Lipinski definition) is 1. The zero-order chi connectivity index (χ0) is 45.1. The van der Waals surface area contributed by atoms with Crippen molar-refractivity contribution in [2.45, 2.75) is 102 Å². The summed E-state index contributed by atoms with van der Waals surface area (Å²) in [5.74, 6) is 0. The number of rotatable bonds is 8. The van der Waals surface area contributed by atoms with Gasteiger partial charge in [-0.2, -0.15) is 0 Å². The maximum absolute atomic E-state index is 3.91. The van der Waals surface area contributed by atoms with Crippen LogP contribution in [0.1, 0.15) is 109 Å². The minimum absolute atomic E-state index is 0.238. The molecule has 0 heterocycles. The maximum Gasteiger partial charge on any atom is 0.0543 e. The Labute approximate surface area is 375 Å². The molecule has 8 rings (SSSR count). The van der Waals surface area contributed by atoms with Gasteiger partial charge in [-0.15, -0.1) is 0 Å². The van der Waals surface area contributed by atoms with Crippen LogP contribution in [-0.4, -0.2) is 0 Å². The Bertz CT molecular complexity index is 2700. The third-order valence-electron chi connectivity index (χ3n) is 11.6. The highest BCUT2D eigenvalue weighted by molar-refractivity contribution is 6.11. The van der Waals surface area contributed by atoms with Crippen molar-refractivity contribution in [1.82, 2.24) is 0 Å². The minimum atomic E-state index is -0.238. The molecule has 7 aromatic carbocycles. The van der Waals surface area contributed by atoms with E-state index in [9.17, 15) is 0 Å². The molecule has 1 nitrogen and oxygen atoms in total. The quantitative estimate of drug-likeness (QED) is 0.138. The van der Waals surface area contributed by atoms with Gasteiger partial charge in [0.05, 0.1) is 11.4 Å². The van der Waals surface area contributed by atoms with Gasteiger partial charge in [0.25, 0.3) is 0 Å². The largest absolute Gasteiger partial charge is 0.309 e. The molecular weight excluding hydrogens is 747 g/mol. The van der Waals surface area contributed by atoms with Crippen molar-refractivity contribution in [2.75, 3.05) is 4.90 Å². The molecule has 0 saturated heterocycles. The molecule has 0 fully saturated rings. The van der Waals surface area contributed by atoms with Crippen molar-refractivity contribution in [3.63, 3.8) is 0 Å². The van der Waals surface area contributed by atoms with Crippen LogP contribution in [0.4, 0.5) is 17.1 Å². The van der Waals surface area contributed by atoms with Crippen molar-refractivity contribution >= 4 is 33.4 Å². The number of anilines is 3. The first-order chi connectivity index (χ1) is 30.0. The lowest BCUT2D eigenvalue weighted by Crippen LogP contribution is -2.17. The van der Waals surface area contributed by atoms with Crippen LogP contribution in [0, 0.1) is 20.8 Å². The molecule has 318 valence electrons. The maximum atomic E-state index is 3.91. The van der Waals surface area contributed by atoms with Gasteiger partial charge < -0.3 is 4.90 Å². The molecule has 0 bridgehead atoms. The van der Waals surface area contributed by atoms with Crippen LogP contribution >= 0.6 is 0 Å². The highest BCUT2D eigenvalue weighted by Crippen LogP contribution is 2.56. The van der Waals surface area contributed by atoms with E-state index in [0.717, 1.165) is 5.69 Å². The molecule has 0 spiro atoms. The summed E-state index contributed by atoms with van der Waals surface area (Å²) in [5.41, 5.74) is 21.2. The molecule has 7 aromatic rings. The zero-order valence-corrected chi connectivity index (χ0v) is 39.9. The van der Waals surface area contributed by atoms with Gasteiger partial charge in [-0.25, -0.2) is 0 Å². The molecule has 0 amide bonds. The summed E-state index contributed by atoms with van der Waals surface area (Å²) < 4.78 is 0. The fourth-order valence-electron chi connectivity index (χ4n) is 8.74. The highest BCUT2D eigenvalue weighted by atomic mass is 15.1. The molecule has 0 unspecified atom stereocenters. The summed E-state index contributed by atoms with van der Waals surface area (Å²) in [6.45, 7) is 32.0. The number of aryl methyl sites for hydroxylation is 3. The molecule has 62 heavy (non-hydrogen) atoms. The Balaban J connectivity index is 0.000000982. The lowest BCUT2D eigenvalue weighted by Gasteiger charge is -2.32. The fourth-order valence-corrected chi connectivity index (χ4v) is 8.74. The van der Waals surface area contributed by atoms with Gasteiger partial charge in [0.1, 0.15) is 0 Å². The zero-order valence-electron chi connectivity index (χ0n) is 39.9. The van der Waals surface area contributed by atoms with E-state index in [4.69, 9.17) is 0 Å². The van der Waals surface area contributed by atoms with E-state index < -0.39 is 0 Å². The summed E-state index contributed by atoms with van der Waals surface area (Å²) in [7, 11) is 0. The molecule has 0 atom stereocenters. The summed E-state index contributed by atoms with van der Waals surface area (Å²) >= 11 is 0. The van der Waals surface area contributed by atoms with Crippen LogP contribution in [0.15, 0.2) is 170 Å².